The summed E-state index contributed by atoms with van der Waals surface area (Å²) in [4.78, 5) is 24.0. The van der Waals surface area contributed by atoms with Gasteiger partial charge in [0.2, 0.25) is 0 Å². The number of amides is 2. The van der Waals surface area contributed by atoms with E-state index in [4.69, 9.17) is 5.11 Å². The van der Waals surface area contributed by atoms with E-state index >= 15 is 0 Å². The second-order valence-electron chi connectivity index (χ2n) is 4.65. The summed E-state index contributed by atoms with van der Waals surface area (Å²) < 4.78 is 1.64. The van der Waals surface area contributed by atoms with Gasteiger partial charge in [0.05, 0.1) is 12.3 Å². The van der Waals surface area contributed by atoms with Crippen LogP contribution in [0.5, 0.6) is 0 Å². The molecule has 1 aromatic rings. The minimum absolute atomic E-state index is 0.0475. The highest BCUT2D eigenvalue weighted by Gasteiger charge is 2.38. The Bertz CT molecular complexity index is 463. The van der Waals surface area contributed by atoms with Crippen LogP contribution in [0.1, 0.15) is 12.8 Å². The number of aliphatic hydroxyl groups is 1. The van der Waals surface area contributed by atoms with E-state index in [0.717, 1.165) is 4.90 Å². The van der Waals surface area contributed by atoms with E-state index in [1.165, 1.54) is 0 Å². The number of carbonyl (C=O) groups excluding carboxylic acids is 1. The molecule has 0 aliphatic carbocycles. The molecule has 9 heteroatoms. The summed E-state index contributed by atoms with van der Waals surface area (Å²) in [5.41, 5.74) is 0. The molecule has 2 amide bonds. The van der Waals surface area contributed by atoms with Crippen LogP contribution in [0.2, 0.25) is 0 Å². The molecule has 0 saturated carbocycles. The molecule has 1 aromatic heterocycles. The molecule has 0 bridgehead atoms. The van der Waals surface area contributed by atoms with Crippen molar-refractivity contribution in [2.45, 2.75) is 31.5 Å². The average molecular weight is 283 g/mol. The average Bonchev–Trinajstić information content (AvgIpc) is 3.03. The number of carboxylic acid groups (broad SMARTS) is 1. The van der Waals surface area contributed by atoms with E-state index in [-0.39, 0.29) is 13.0 Å². The number of aromatic nitrogens is 3. The van der Waals surface area contributed by atoms with Gasteiger partial charge in [0.25, 0.3) is 0 Å². The predicted octanol–water partition coefficient (Wildman–Crippen LogP) is -1.10. The van der Waals surface area contributed by atoms with Gasteiger partial charge >= 0.3 is 12.0 Å². The fraction of sp³-hybridized carbons (Fsp3) is 0.636. The van der Waals surface area contributed by atoms with Crippen molar-refractivity contribution >= 4 is 12.0 Å². The second kappa shape index (κ2) is 6.33. The predicted molar refractivity (Wildman–Crippen MR) is 66.8 cm³/mol. The molecule has 1 aliphatic rings. The number of carboxylic acids is 1. The molecule has 1 saturated heterocycles. The van der Waals surface area contributed by atoms with Crippen molar-refractivity contribution in [1.82, 2.24) is 25.2 Å². The third-order valence-corrected chi connectivity index (χ3v) is 3.14. The number of urea groups is 1. The Balaban J connectivity index is 1.75. The van der Waals surface area contributed by atoms with Gasteiger partial charge in [-0.05, 0) is 6.42 Å². The number of likely N-dealkylation sites (tertiary alicyclic amines) is 1. The van der Waals surface area contributed by atoms with Crippen LogP contribution in [0.25, 0.3) is 0 Å². The lowest BCUT2D eigenvalue weighted by molar-refractivity contribution is -0.141. The SMILES string of the molecule is O=C(O)C1CC(O)CN1C(=O)NCCCn1ccnn1. The molecule has 0 aromatic carbocycles. The largest absolute Gasteiger partial charge is 0.480 e. The number of aryl methyl sites for hydroxylation is 1. The lowest BCUT2D eigenvalue weighted by Gasteiger charge is -2.21. The lowest BCUT2D eigenvalue weighted by atomic mass is 10.2. The van der Waals surface area contributed by atoms with Gasteiger partial charge in [-0.2, -0.15) is 0 Å². The third-order valence-electron chi connectivity index (χ3n) is 3.14. The van der Waals surface area contributed by atoms with Gasteiger partial charge in [0, 0.05) is 32.3 Å². The third kappa shape index (κ3) is 3.44. The van der Waals surface area contributed by atoms with Crippen LogP contribution in [0.3, 0.4) is 0 Å². The van der Waals surface area contributed by atoms with Crippen LogP contribution in [-0.2, 0) is 11.3 Å². The molecule has 3 N–H and O–H groups in total. The van der Waals surface area contributed by atoms with E-state index in [1.54, 1.807) is 17.1 Å². The Morgan fingerprint density at radius 3 is 2.90 bits per heavy atom. The zero-order valence-electron chi connectivity index (χ0n) is 10.8. The van der Waals surface area contributed by atoms with E-state index in [1.807, 2.05) is 0 Å². The van der Waals surface area contributed by atoms with E-state index in [2.05, 4.69) is 15.6 Å². The van der Waals surface area contributed by atoms with Gasteiger partial charge in [-0.25, -0.2) is 9.59 Å². The molecule has 9 nitrogen and oxygen atoms in total. The van der Waals surface area contributed by atoms with Crippen LogP contribution in [0.15, 0.2) is 12.4 Å². The number of hydrogen-bond acceptors (Lipinski definition) is 5. The molecule has 20 heavy (non-hydrogen) atoms. The first kappa shape index (κ1) is 14.3. The van der Waals surface area contributed by atoms with Crippen molar-refractivity contribution in [3.8, 4) is 0 Å². The number of hydrogen-bond donors (Lipinski definition) is 3. The van der Waals surface area contributed by atoms with Crippen molar-refractivity contribution in [2.75, 3.05) is 13.1 Å². The summed E-state index contributed by atoms with van der Waals surface area (Å²) in [5, 5.41) is 28.5. The number of nitrogens with one attached hydrogen (secondary N) is 1. The highest BCUT2D eigenvalue weighted by molar-refractivity contribution is 5.83. The molecular formula is C11H17N5O4. The monoisotopic (exact) mass is 283 g/mol. The summed E-state index contributed by atoms with van der Waals surface area (Å²) in [6.07, 6.45) is 3.24. The number of rotatable bonds is 5. The second-order valence-corrected chi connectivity index (χ2v) is 4.65. The molecule has 1 aliphatic heterocycles. The lowest BCUT2D eigenvalue weighted by Crippen LogP contribution is -2.46. The fourth-order valence-corrected chi connectivity index (χ4v) is 2.16. The standard InChI is InChI=1S/C11H17N5O4/c17-8-6-9(10(18)19)16(7-8)11(20)12-2-1-4-15-5-3-13-14-15/h3,5,8-9,17H,1-2,4,6-7H2,(H,12,20)(H,18,19). The number of β-amino-alcohol motifs (C(OH)–C–C–N with tert-alkyl or cyclic N) is 1. The normalized spacial score (nSPS) is 21.9. The van der Waals surface area contributed by atoms with Gasteiger partial charge in [-0.1, -0.05) is 5.21 Å². The highest BCUT2D eigenvalue weighted by atomic mass is 16.4. The van der Waals surface area contributed by atoms with Crippen LogP contribution < -0.4 is 5.32 Å². The van der Waals surface area contributed by atoms with Crippen molar-refractivity contribution < 1.29 is 19.8 Å². The maximum Gasteiger partial charge on any atom is 0.326 e. The number of aliphatic carboxylic acids is 1. The molecule has 0 radical (unpaired) electrons. The molecular weight excluding hydrogens is 266 g/mol. The summed E-state index contributed by atoms with van der Waals surface area (Å²) >= 11 is 0. The minimum Gasteiger partial charge on any atom is -0.480 e. The van der Waals surface area contributed by atoms with Crippen LogP contribution in [-0.4, -0.2) is 67.3 Å². The minimum atomic E-state index is -1.10. The van der Waals surface area contributed by atoms with Crippen LogP contribution in [0.4, 0.5) is 4.79 Å². The first-order valence-corrected chi connectivity index (χ1v) is 6.37. The quantitative estimate of drug-likeness (QED) is 0.590. The Morgan fingerprint density at radius 2 is 2.25 bits per heavy atom. The Hall–Kier alpha value is -2.16. The van der Waals surface area contributed by atoms with Gasteiger partial charge in [-0.3, -0.25) is 4.68 Å². The van der Waals surface area contributed by atoms with Crippen molar-refractivity contribution in [2.24, 2.45) is 0 Å². The van der Waals surface area contributed by atoms with Gasteiger partial charge < -0.3 is 20.4 Å². The Labute approximate surface area is 115 Å². The van der Waals surface area contributed by atoms with Crippen LogP contribution in [0, 0.1) is 0 Å². The first-order valence-electron chi connectivity index (χ1n) is 6.37. The zero-order chi connectivity index (χ0) is 14.5. The molecule has 2 rings (SSSR count). The molecule has 1 fully saturated rings. The fourth-order valence-electron chi connectivity index (χ4n) is 2.16. The van der Waals surface area contributed by atoms with Crippen LogP contribution >= 0.6 is 0 Å². The van der Waals surface area contributed by atoms with Crippen molar-refractivity contribution in [1.29, 1.82) is 0 Å². The summed E-state index contributed by atoms with van der Waals surface area (Å²) in [7, 11) is 0. The summed E-state index contributed by atoms with van der Waals surface area (Å²) in [6.45, 7) is 1.06. The smallest absolute Gasteiger partial charge is 0.326 e. The zero-order valence-corrected chi connectivity index (χ0v) is 10.8. The first-order chi connectivity index (χ1) is 9.58. The van der Waals surface area contributed by atoms with Gasteiger partial charge in [-0.15, -0.1) is 5.10 Å². The van der Waals surface area contributed by atoms with E-state index < -0.39 is 24.1 Å². The van der Waals surface area contributed by atoms with Gasteiger partial charge in [0.1, 0.15) is 6.04 Å². The van der Waals surface area contributed by atoms with Gasteiger partial charge in [0.15, 0.2) is 0 Å². The molecule has 110 valence electrons. The molecule has 2 heterocycles. The van der Waals surface area contributed by atoms with Crippen molar-refractivity contribution in [3.63, 3.8) is 0 Å². The number of nitrogens with zero attached hydrogens (tertiary/aromatic N) is 4. The summed E-state index contributed by atoms with van der Waals surface area (Å²) in [6, 6.07) is -1.42. The maximum absolute atomic E-state index is 11.9. The van der Waals surface area contributed by atoms with E-state index in [0.29, 0.717) is 19.5 Å². The molecule has 2 atom stereocenters. The number of aliphatic hydroxyl groups excluding tert-OH is 1. The molecule has 0 spiro atoms. The Morgan fingerprint density at radius 1 is 1.45 bits per heavy atom. The van der Waals surface area contributed by atoms with E-state index in [9.17, 15) is 14.7 Å². The number of carbonyl (C=O) groups is 2. The van der Waals surface area contributed by atoms with Crippen molar-refractivity contribution in [3.05, 3.63) is 12.4 Å². The Kier molecular flexibility index (Phi) is 4.51. The summed E-state index contributed by atoms with van der Waals surface area (Å²) in [5.74, 6) is -1.10. The molecule has 2 unspecified atom stereocenters. The topological polar surface area (TPSA) is 121 Å². The highest BCUT2D eigenvalue weighted by Crippen LogP contribution is 2.17. The maximum atomic E-state index is 11.9.